The highest BCUT2D eigenvalue weighted by molar-refractivity contribution is 5.48. The van der Waals surface area contributed by atoms with E-state index in [1.807, 2.05) is 31.2 Å². The Morgan fingerprint density at radius 1 is 1.55 bits per heavy atom. The number of nitrogens with two attached hydrogens (primary N) is 1. The van der Waals surface area contributed by atoms with Crippen LogP contribution in [-0.2, 0) is 0 Å². The number of anilines is 1. The van der Waals surface area contributed by atoms with Gasteiger partial charge in [0.25, 0.3) is 0 Å². The van der Waals surface area contributed by atoms with Crippen LogP contribution in [0.2, 0.25) is 0 Å². The van der Waals surface area contributed by atoms with Crippen molar-refractivity contribution in [3.63, 3.8) is 0 Å². The minimum Gasteiger partial charge on any atom is -0.288 e. The van der Waals surface area contributed by atoms with Gasteiger partial charge < -0.3 is 0 Å². The topological polar surface area (TPSA) is 29.3 Å². The average molecular weight is 148 g/mol. The molecule has 2 N–H and O–H groups in total. The monoisotopic (exact) mass is 148 g/mol. The highest BCUT2D eigenvalue weighted by Crippen LogP contribution is 2.12. The van der Waals surface area contributed by atoms with Crippen molar-refractivity contribution in [2.45, 2.75) is 6.92 Å². The second-order valence-corrected chi connectivity index (χ2v) is 2.43. The van der Waals surface area contributed by atoms with E-state index in [1.54, 1.807) is 6.20 Å². The van der Waals surface area contributed by atoms with Gasteiger partial charge in [-0.3, -0.25) is 5.01 Å². The fraction of sp³-hybridized carbons (Fsp3) is 0.111. The van der Waals surface area contributed by atoms with Crippen LogP contribution in [0.25, 0.3) is 0 Å². The third-order valence-electron chi connectivity index (χ3n) is 1.50. The van der Waals surface area contributed by atoms with E-state index in [2.05, 4.69) is 6.58 Å². The first-order valence-corrected chi connectivity index (χ1v) is 3.47. The Labute approximate surface area is 66.9 Å². The van der Waals surface area contributed by atoms with Gasteiger partial charge in [0.15, 0.2) is 0 Å². The van der Waals surface area contributed by atoms with Gasteiger partial charge in [-0.05, 0) is 24.6 Å². The predicted octanol–water partition coefficient (Wildman–Crippen LogP) is 1.82. The zero-order chi connectivity index (χ0) is 8.27. The van der Waals surface area contributed by atoms with Crippen molar-refractivity contribution in [3.05, 3.63) is 42.6 Å². The first-order chi connectivity index (χ1) is 5.24. The molecular weight excluding hydrogens is 136 g/mol. The van der Waals surface area contributed by atoms with Crippen molar-refractivity contribution < 1.29 is 0 Å². The standard InChI is InChI=1S/C9H12N2/c1-3-11(10)9-6-4-5-8(2)7-9/h3-7H,1,10H2,2H3. The number of hydrogen-bond donors (Lipinski definition) is 1. The van der Waals surface area contributed by atoms with Crippen molar-refractivity contribution in [1.82, 2.24) is 0 Å². The summed E-state index contributed by atoms with van der Waals surface area (Å²) in [5, 5.41) is 1.49. The average Bonchev–Trinajstić information content (AvgIpc) is 2.03. The molecule has 0 unspecified atom stereocenters. The number of hydrazine groups is 1. The maximum Gasteiger partial charge on any atom is 0.0570 e. The molecule has 58 valence electrons. The summed E-state index contributed by atoms with van der Waals surface area (Å²) in [6.45, 7) is 5.60. The van der Waals surface area contributed by atoms with Gasteiger partial charge >= 0.3 is 0 Å². The zero-order valence-corrected chi connectivity index (χ0v) is 6.62. The molecule has 2 nitrogen and oxygen atoms in total. The molecule has 0 bridgehead atoms. The Bertz CT molecular complexity index is 255. The Kier molecular flexibility index (Phi) is 2.28. The van der Waals surface area contributed by atoms with Gasteiger partial charge in [0.2, 0.25) is 0 Å². The SMILES string of the molecule is C=CN(N)c1cccc(C)c1. The van der Waals surface area contributed by atoms with E-state index in [0.717, 1.165) is 5.69 Å². The quantitative estimate of drug-likeness (QED) is 0.512. The molecule has 0 saturated heterocycles. The van der Waals surface area contributed by atoms with E-state index in [9.17, 15) is 0 Å². The fourth-order valence-electron chi connectivity index (χ4n) is 0.894. The minimum absolute atomic E-state index is 0.958. The number of benzene rings is 1. The van der Waals surface area contributed by atoms with Crippen LogP contribution in [0.15, 0.2) is 37.0 Å². The third kappa shape index (κ3) is 1.82. The normalized spacial score (nSPS) is 9.27. The molecule has 2 heteroatoms. The smallest absolute Gasteiger partial charge is 0.0570 e. The van der Waals surface area contributed by atoms with Crippen molar-refractivity contribution in [2.75, 3.05) is 5.01 Å². The van der Waals surface area contributed by atoms with Crippen molar-refractivity contribution in [2.24, 2.45) is 5.84 Å². The summed E-state index contributed by atoms with van der Waals surface area (Å²) < 4.78 is 0. The second-order valence-electron chi connectivity index (χ2n) is 2.43. The largest absolute Gasteiger partial charge is 0.288 e. The molecule has 0 aromatic heterocycles. The Balaban J connectivity index is 2.95. The van der Waals surface area contributed by atoms with Gasteiger partial charge in [-0.1, -0.05) is 18.7 Å². The van der Waals surface area contributed by atoms with Crippen LogP contribution in [0, 0.1) is 6.92 Å². The summed E-state index contributed by atoms with van der Waals surface area (Å²) in [6, 6.07) is 7.94. The van der Waals surface area contributed by atoms with E-state index in [-0.39, 0.29) is 0 Å². The van der Waals surface area contributed by atoms with Gasteiger partial charge in [-0.25, -0.2) is 5.84 Å². The number of rotatable bonds is 2. The summed E-state index contributed by atoms with van der Waals surface area (Å²) in [7, 11) is 0. The highest BCUT2D eigenvalue weighted by Gasteiger charge is 1.94. The molecule has 0 atom stereocenters. The lowest BCUT2D eigenvalue weighted by Crippen LogP contribution is -2.23. The van der Waals surface area contributed by atoms with Crippen LogP contribution in [0.1, 0.15) is 5.56 Å². The van der Waals surface area contributed by atoms with E-state index in [0.29, 0.717) is 0 Å². The molecule has 0 aliphatic carbocycles. The van der Waals surface area contributed by atoms with Gasteiger partial charge in [0.1, 0.15) is 0 Å². The van der Waals surface area contributed by atoms with Gasteiger partial charge in [0.05, 0.1) is 5.69 Å². The van der Waals surface area contributed by atoms with Gasteiger partial charge in [0, 0.05) is 6.20 Å². The molecule has 0 aliphatic heterocycles. The minimum atomic E-state index is 0.958. The lowest BCUT2D eigenvalue weighted by atomic mass is 10.2. The lowest BCUT2D eigenvalue weighted by molar-refractivity contribution is 1.08. The van der Waals surface area contributed by atoms with Gasteiger partial charge in [-0.15, -0.1) is 0 Å². The van der Waals surface area contributed by atoms with Crippen LogP contribution in [0.3, 0.4) is 0 Å². The molecule has 1 aromatic carbocycles. The zero-order valence-electron chi connectivity index (χ0n) is 6.62. The molecule has 1 rings (SSSR count). The first-order valence-electron chi connectivity index (χ1n) is 3.47. The van der Waals surface area contributed by atoms with Crippen molar-refractivity contribution >= 4 is 5.69 Å². The number of nitrogens with zero attached hydrogens (tertiary/aromatic N) is 1. The third-order valence-corrected chi connectivity index (χ3v) is 1.50. The number of hydrogen-bond acceptors (Lipinski definition) is 2. The van der Waals surface area contributed by atoms with Crippen LogP contribution < -0.4 is 10.9 Å². The molecule has 0 radical (unpaired) electrons. The van der Waals surface area contributed by atoms with Crippen molar-refractivity contribution in [3.8, 4) is 0 Å². The number of aryl methyl sites for hydroxylation is 1. The summed E-state index contributed by atoms with van der Waals surface area (Å²) in [4.78, 5) is 0. The van der Waals surface area contributed by atoms with E-state index >= 15 is 0 Å². The maximum atomic E-state index is 5.58. The molecule has 0 aliphatic rings. The Hall–Kier alpha value is -1.28. The van der Waals surface area contributed by atoms with Crippen LogP contribution >= 0.6 is 0 Å². The molecule has 0 fully saturated rings. The fourth-order valence-corrected chi connectivity index (χ4v) is 0.894. The van der Waals surface area contributed by atoms with E-state index in [4.69, 9.17) is 5.84 Å². The Morgan fingerprint density at radius 2 is 2.27 bits per heavy atom. The first kappa shape index (κ1) is 7.82. The summed E-state index contributed by atoms with van der Waals surface area (Å²) in [6.07, 6.45) is 1.58. The van der Waals surface area contributed by atoms with Crippen LogP contribution in [0.5, 0.6) is 0 Å². The highest BCUT2D eigenvalue weighted by atomic mass is 15.4. The molecule has 11 heavy (non-hydrogen) atoms. The van der Waals surface area contributed by atoms with Crippen LogP contribution in [0.4, 0.5) is 5.69 Å². The van der Waals surface area contributed by atoms with E-state index in [1.165, 1.54) is 10.6 Å². The maximum absolute atomic E-state index is 5.58. The summed E-state index contributed by atoms with van der Waals surface area (Å²) >= 11 is 0. The van der Waals surface area contributed by atoms with Crippen LogP contribution in [-0.4, -0.2) is 0 Å². The molecule has 0 heterocycles. The predicted molar refractivity (Wildman–Crippen MR) is 48.0 cm³/mol. The molecule has 1 aromatic rings. The Morgan fingerprint density at radius 3 is 2.82 bits per heavy atom. The summed E-state index contributed by atoms with van der Waals surface area (Å²) in [5.74, 6) is 5.58. The second kappa shape index (κ2) is 3.21. The lowest BCUT2D eigenvalue weighted by Gasteiger charge is -2.12. The summed E-state index contributed by atoms with van der Waals surface area (Å²) in [5.41, 5.74) is 2.15. The van der Waals surface area contributed by atoms with Crippen molar-refractivity contribution in [1.29, 1.82) is 0 Å². The molecule has 0 spiro atoms. The molecular formula is C9H12N2. The van der Waals surface area contributed by atoms with E-state index < -0.39 is 0 Å². The molecule has 0 amide bonds. The molecule has 0 saturated carbocycles. The van der Waals surface area contributed by atoms with Gasteiger partial charge in [-0.2, -0.15) is 0 Å².